The smallest absolute Gasteiger partial charge is 0.193 e. The van der Waals surface area contributed by atoms with Crippen LogP contribution in [0.1, 0.15) is 28.4 Å². The molecule has 20 heavy (non-hydrogen) atoms. The molecule has 0 fully saturated rings. The zero-order chi connectivity index (χ0) is 13.9. The molecule has 3 heteroatoms. The molecular formula is C17H14N2O. The van der Waals surface area contributed by atoms with Crippen LogP contribution in [-0.4, -0.2) is 15.8 Å². The van der Waals surface area contributed by atoms with Crippen molar-refractivity contribution >= 4 is 16.8 Å². The molecule has 2 aromatic carbocycles. The summed E-state index contributed by atoms with van der Waals surface area (Å²) in [4.78, 5) is 21.0. The second-order valence-corrected chi connectivity index (χ2v) is 4.64. The number of hydrogen-bond donors (Lipinski definition) is 0. The maximum absolute atomic E-state index is 12.5. The van der Waals surface area contributed by atoms with Crippen molar-refractivity contribution in [3.05, 3.63) is 71.5 Å². The van der Waals surface area contributed by atoms with Gasteiger partial charge >= 0.3 is 0 Å². The van der Waals surface area contributed by atoms with Gasteiger partial charge in [0.05, 0.1) is 11.0 Å². The molecule has 0 aliphatic heterocycles. The van der Waals surface area contributed by atoms with E-state index in [4.69, 9.17) is 0 Å². The third-order valence-corrected chi connectivity index (χ3v) is 3.33. The molecule has 0 bridgehead atoms. The molecule has 0 spiro atoms. The number of carbonyl (C=O) groups is 1. The Bertz CT molecular complexity index is 781. The van der Waals surface area contributed by atoms with E-state index < -0.39 is 0 Å². The van der Waals surface area contributed by atoms with E-state index >= 15 is 0 Å². The lowest BCUT2D eigenvalue weighted by molar-refractivity contribution is 0.103. The van der Waals surface area contributed by atoms with E-state index in [-0.39, 0.29) is 5.78 Å². The summed E-state index contributed by atoms with van der Waals surface area (Å²) in [6.07, 6.45) is 4.20. The Morgan fingerprint density at radius 2 is 1.70 bits per heavy atom. The van der Waals surface area contributed by atoms with Gasteiger partial charge in [-0.05, 0) is 36.2 Å². The first-order valence-electron chi connectivity index (χ1n) is 6.62. The van der Waals surface area contributed by atoms with Crippen LogP contribution in [0.5, 0.6) is 0 Å². The first kappa shape index (κ1) is 12.5. The molecular weight excluding hydrogens is 248 g/mol. The van der Waals surface area contributed by atoms with Gasteiger partial charge in [0.25, 0.3) is 0 Å². The van der Waals surface area contributed by atoms with Crippen LogP contribution in [0.3, 0.4) is 0 Å². The van der Waals surface area contributed by atoms with Crippen LogP contribution in [0, 0.1) is 0 Å². The Morgan fingerprint density at radius 1 is 0.950 bits per heavy atom. The fraction of sp³-hybridized carbons (Fsp3) is 0.118. The number of hydrogen-bond acceptors (Lipinski definition) is 3. The maximum atomic E-state index is 12.5. The molecule has 98 valence electrons. The Hall–Kier alpha value is -2.55. The normalized spacial score (nSPS) is 10.7. The molecule has 1 heterocycles. The Morgan fingerprint density at radius 3 is 2.50 bits per heavy atom. The minimum absolute atomic E-state index is 0.0212. The van der Waals surface area contributed by atoms with Crippen LogP contribution in [-0.2, 0) is 6.42 Å². The zero-order valence-electron chi connectivity index (χ0n) is 11.2. The summed E-state index contributed by atoms with van der Waals surface area (Å²) in [5.74, 6) is 0.0212. The highest BCUT2D eigenvalue weighted by molar-refractivity contribution is 6.10. The second-order valence-electron chi connectivity index (χ2n) is 4.64. The van der Waals surface area contributed by atoms with E-state index in [0.717, 1.165) is 23.0 Å². The Balaban J connectivity index is 2.03. The third kappa shape index (κ3) is 2.30. The topological polar surface area (TPSA) is 42.9 Å². The van der Waals surface area contributed by atoms with E-state index in [2.05, 4.69) is 16.9 Å². The van der Waals surface area contributed by atoms with Crippen LogP contribution < -0.4 is 0 Å². The van der Waals surface area contributed by atoms with Gasteiger partial charge in [0.2, 0.25) is 0 Å². The molecule has 3 rings (SSSR count). The number of benzene rings is 2. The van der Waals surface area contributed by atoms with E-state index in [1.54, 1.807) is 24.5 Å². The standard InChI is InChI=1S/C17H14N2O/c1-2-12-4-3-5-13(10-12)17(20)14-6-7-15-16(11-14)19-9-8-18-15/h3-11H,2H2,1H3. The Kier molecular flexibility index (Phi) is 3.25. The number of rotatable bonds is 3. The monoisotopic (exact) mass is 262 g/mol. The lowest BCUT2D eigenvalue weighted by atomic mass is 10.0. The van der Waals surface area contributed by atoms with Crippen molar-refractivity contribution in [2.45, 2.75) is 13.3 Å². The van der Waals surface area contributed by atoms with Gasteiger partial charge in [-0.3, -0.25) is 14.8 Å². The predicted octanol–water partition coefficient (Wildman–Crippen LogP) is 3.42. The van der Waals surface area contributed by atoms with E-state index in [0.29, 0.717) is 11.1 Å². The predicted molar refractivity (Wildman–Crippen MR) is 78.8 cm³/mol. The van der Waals surface area contributed by atoms with Gasteiger partial charge in [0.1, 0.15) is 0 Å². The quantitative estimate of drug-likeness (QED) is 0.679. The molecule has 0 unspecified atom stereocenters. The summed E-state index contributed by atoms with van der Waals surface area (Å²) < 4.78 is 0. The summed E-state index contributed by atoms with van der Waals surface area (Å²) in [5.41, 5.74) is 4.06. The molecule has 1 aromatic heterocycles. The molecule has 0 aliphatic rings. The molecule has 0 aliphatic carbocycles. The summed E-state index contributed by atoms with van der Waals surface area (Å²) in [6.45, 7) is 2.08. The average Bonchev–Trinajstić information content (AvgIpc) is 2.53. The molecule has 0 saturated carbocycles. The minimum atomic E-state index is 0.0212. The van der Waals surface area contributed by atoms with Gasteiger partial charge in [0, 0.05) is 23.5 Å². The molecule has 0 amide bonds. The number of aryl methyl sites for hydroxylation is 1. The van der Waals surface area contributed by atoms with Gasteiger partial charge in [-0.25, -0.2) is 0 Å². The molecule has 0 atom stereocenters. The lowest BCUT2D eigenvalue weighted by Crippen LogP contribution is -2.02. The fourth-order valence-electron chi connectivity index (χ4n) is 2.20. The number of carbonyl (C=O) groups excluding carboxylic acids is 1. The van der Waals surface area contributed by atoms with E-state index in [1.807, 2.05) is 30.3 Å². The summed E-state index contributed by atoms with van der Waals surface area (Å²) in [5, 5.41) is 0. The van der Waals surface area contributed by atoms with Crippen LogP contribution in [0.25, 0.3) is 11.0 Å². The number of aromatic nitrogens is 2. The summed E-state index contributed by atoms with van der Waals surface area (Å²) in [6, 6.07) is 13.2. The van der Waals surface area contributed by atoms with Gasteiger partial charge in [-0.1, -0.05) is 25.1 Å². The first-order valence-corrected chi connectivity index (χ1v) is 6.62. The molecule has 0 radical (unpaired) electrons. The van der Waals surface area contributed by atoms with E-state index in [9.17, 15) is 4.79 Å². The van der Waals surface area contributed by atoms with Crippen molar-refractivity contribution < 1.29 is 4.79 Å². The van der Waals surface area contributed by atoms with Gasteiger partial charge < -0.3 is 0 Å². The first-order chi connectivity index (χ1) is 9.78. The van der Waals surface area contributed by atoms with Gasteiger partial charge in [-0.15, -0.1) is 0 Å². The minimum Gasteiger partial charge on any atom is -0.289 e. The number of ketones is 1. The van der Waals surface area contributed by atoms with E-state index in [1.165, 1.54) is 0 Å². The van der Waals surface area contributed by atoms with Crippen LogP contribution in [0.4, 0.5) is 0 Å². The average molecular weight is 262 g/mol. The maximum Gasteiger partial charge on any atom is 0.193 e. The van der Waals surface area contributed by atoms with Gasteiger partial charge in [0.15, 0.2) is 5.78 Å². The molecule has 3 aromatic rings. The van der Waals surface area contributed by atoms with Crippen molar-refractivity contribution in [1.29, 1.82) is 0 Å². The fourth-order valence-corrected chi connectivity index (χ4v) is 2.20. The number of fused-ring (bicyclic) bond motifs is 1. The lowest BCUT2D eigenvalue weighted by Gasteiger charge is -2.04. The van der Waals surface area contributed by atoms with Crippen molar-refractivity contribution in [3.8, 4) is 0 Å². The highest BCUT2D eigenvalue weighted by atomic mass is 16.1. The number of nitrogens with zero attached hydrogens (tertiary/aromatic N) is 2. The summed E-state index contributed by atoms with van der Waals surface area (Å²) in [7, 11) is 0. The molecule has 0 N–H and O–H groups in total. The largest absolute Gasteiger partial charge is 0.289 e. The molecule has 0 saturated heterocycles. The highest BCUT2D eigenvalue weighted by Gasteiger charge is 2.10. The second kappa shape index (κ2) is 5.21. The van der Waals surface area contributed by atoms with Crippen molar-refractivity contribution in [1.82, 2.24) is 9.97 Å². The van der Waals surface area contributed by atoms with Crippen molar-refractivity contribution in [3.63, 3.8) is 0 Å². The van der Waals surface area contributed by atoms with Crippen LogP contribution >= 0.6 is 0 Å². The Labute approximate surface area is 117 Å². The zero-order valence-corrected chi connectivity index (χ0v) is 11.2. The van der Waals surface area contributed by atoms with Crippen molar-refractivity contribution in [2.75, 3.05) is 0 Å². The third-order valence-electron chi connectivity index (χ3n) is 3.33. The highest BCUT2D eigenvalue weighted by Crippen LogP contribution is 2.16. The molecule has 3 nitrogen and oxygen atoms in total. The van der Waals surface area contributed by atoms with Crippen molar-refractivity contribution in [2.24, 2.45) is 0 Å². The summed E-state index contributed by atoms with van der Waals surface area (Å²) >= 11 is 0. The van der Waals surface area contributed by atoms with Crippen LogP contribution in [0.15, 0.2) is 54.9 Å². The van der Waals surface area contributed by atoms with Crippen LogP contribution in [0.2, 0.25) is 0 Å². The van der Waals surface area contributed by atoms with Gasteiger partial charge in [-0.2, -0.15) is 0 Å². The SMILES string of the molecule is CCc1cccc(C(=O)c2ccc3nccnc3c2)c1.